The van der Waals surface area contributed by atoms with Crippen LogP contribution in [0.15, 0.2) is 0 Å². The third-order valence-electron chi connectivity index (χ3n) is 7.90. The zero-order valence-corrected chi connectivity index (χ0v) is 15.5. The van der Waals surface area contributed by atoms with Gasteiger partial charge in [-0.2, -0.15) is 5.26 Å². The molecule has 3 aliphatic rings. The van der Waals surface area contributed by atoms with Crippen molar-refractivity contribution in [3.05, 3.63) is 0 Å². The fourth-order valence-electron chi connectivity index (χ4n) is 6.20. The van der Waals surface area contributed by atoms with Crippen molar-refractivity contribution in [2.75, 3.05) is 0 Å². The van der Waals surface area contributed by atoms with Crippen molar-refractivity contribution >= 4 is 0 Å². The highest BCUT2D eigenvalue weighted by molar-refractivity contribution is 5.00. The fourth-order valence-corrected chi connectivity index (χ4v) is 6.20. The minimum Gasteiger partial charge on any atom is -0.198 e. The van der Waals surface area contributed by atoms with E-state index in [4.69, 9.17) is 0 Å². The molecule has 0 unspecified atom stereocenters. The maximum absolute atomic E-state index is 9.47. The quantitative estimate of drug-likeness (QED) is 0.566. The first kappa shape index (κ1) is 17.3. The summed E-state index contributed by atoms with van der Waals surface area (Å²) in [5, 5.41) is 9.47. The van der Waals surface area contributed by atoms with E-state index in [1.165, 1.54) is 77.0 Å². The lowest BCUT2D eigenvalue weighted by molar-refractivity contribution is 0.0905. The molecule has 0 aromatic carbocycles. The Hall–Kier alpha value is -0.510. The molecule has 1 nitrogen and oxygen atoms in total. The summed E-state index contributed by atoms with van der Waals surface area (Å²) >= 11 is 0. The van der Waals surface area contributed by atoms with Gasteiger partial charge in [0.15, 0.2) is 0 Å². The molecule has 130 valence electrons. The topological polar surface area (TPSA) is 23.8 Å². The van der Waals surface area contributed by atoms with E-state index in [9.17, 15) is 5.26 Å². The van der Waals surface area contributed by atoms with Gasteiger partial charge < -0.3 is 0 Å². The maximum atomic E-state index is 9.47. The molecular formula is C22H37N. The third kappa shape index (κ3) is 4.12. The van der Waals surface area contributed by atoms with E-state index in [-0.39, 0.29) is 5.41 Å². The zero-order chi connectivity index (χ0) is 16.3. The molecule has 0 spiro atoms. The van der Waals surface area contributed by atoms with Crippen molar-refractivity contribution in [3.63, 3.8) is 0 Å². The number of hydrogen-bond donors (Lipinski definition) is 0. The summed E-state index contributed by atoms with van der Waals surface area (Å²) in [5.74, 6) is 4.91. The molecule has 0 saturated heterocycles. The smallest absolute Gasteiger partial charge is 0.0686 e. The van der Waals surface area contributed by atoms with Crippen LogP contribution in [0, 0.1) is 46.3 Å². The molecule has 0 aliphatic heterocycles. The average Bonchev–Trinajstić information content (AvgIpc) is 2.62. The summed E-state index contributed by atoms with van der Waals surface area (Å²) in [7, 11) is 0. The molecule has 3 fully saturated rings. The number of hydrogen-bond acceptors (Lipinski definition) is 1. The lowest BCUT2D eigenvalue weighted by atomic mass is 9.62. The average molecular weight is 316 g/mol. The highest BCUT2D eigenvalue weighted by Crippen LogP contribution is 2.48. The molecule has 0 aromatic rings. The van der Waals surface area contributed by atoms with Crippen LogP contribution in [0.1, 0.15) is 97.3 Å². The molecule has 0 aromatic heterocycles. The first-order valence-electron chi connectivity index (χ1n) is 10.5. The van der Waals surface area contributed by atoms with E-state index >= 15 is 0 Å². The predicted molar refractivity (Wildman–Crippen MR) is 96.9 cm³/mol. The largest absolute Gasteiger partial charge is 0.198 e. The molecule has 2 atom stereocenters. The van der Waals surface area contributed by atoms with Crippen LogP contribution in [0.2, 0.25) is 0 Å². The van der Waals surface area contributed by atoms with Gasteiger partial charge in [0.25, 0.3) is 0 Å². The van der Waals surface area contributed by atoms with Gasteiger partial charge in [0.2, 0.25) is 0 Å². The molecule has 0 N–H and O–H groups in total. The molecule has 0 amide bonds. The fraction of sp³-hybridized carbons (Fsp3) is 0.955. The van der Waals surface area contributed by atoms with Gasteiger partial charge in [-0.05, 0) is 87.9 Å². The number of rotatable bonds is 3. The van der Waals surface area contributed by atoms with Crippen molar-refractivity contribution in [3.8, 4) is 6.07 Å². The first-order valence-corrected chi connectivity index (χ1v) is 10.5. The Labute approximate surface area is 144 Å². The van der Waals surface area contributed by atoms with Gasteiger partial charge in [0.1, 0.15) is 0 Å². The molecule has 3 aliphatic carbocycles. The second-order valence-corrected chi connectivity index (χ2v) is 9.39. The number of nitrogens with zero attached hydrogens (tertiary/aromatic N) is 1. The highest BCUT2D eigenvalue weighted by Gasteiger charge is 2.38. The zero-order valence-electron chi connectivity index (χ0n) is 15.5. The minimum absolute atomic E-state index is 0.0156. The van der Waals surface area contributed by atoms with Crippen molar-refractivity contribution in [1.29, 1.82) is 5.26 Å². The van der Waals surface area contributed by atoms with Crippen LogP contribution in [0.5, 0.6) is 0 Å². The molecule has 23 heavy (non-hydrogen) atoms. The molecule has 3 rings (SSSR count). The predicted octanol–water partition coefficient (Wildman–Crippen LogP) is 6.73. The Bertz CT molecular complexity index is 406. The van der Waals surface area contributed by atoms with Crippen molar-refractivity contribution in [2.45, 2.75) is 97.3 Å². The Morgan fingerprint density at radius 2 is 1.35 bits per heavy atom. The van der Waals surface area contributed by atoms with E-state index in [0.29, 0.717) is 0 Å². The van der Waals surface area contributed by atoms with E-state index in [1.54, 1.807) is 0 Å². The SMILES string of the molecule is CCC1CCC(C2CCC([C@H]3CCC[C@@](C)(C#N)C3)CC2)CC1. The summed E-state index contributed by atoms with van der Waals surface area (Å²) in [6, 6.07) is 2.62. The van der Waals surface area contributed by atoms with Crippen LogP contribution >= 0.6 is 0 Å². The lowest BCUT2D eigenvalue weighted by Gasteiger charge is -2.42. The summed E-state index contributed by atoms with van der Waals surface area (Å²) in [5.41, 5.74) is -0.0156. The van der Waals surface area contributed by atoms with Crippen LogP contribution < -0.4 is 0 Å². The summed E-state index contributed by atoms with van der Waals surface area (Å²) in [6.07, 6.45) is 18.4. The minimum atomic E-state index is -0.0156. The van der Waals surface area contributed by atoms with Gasteiger partial charge >= 0.3 is 0 Å². The van der Waals surface area contributed by atoms with Crippen LogP contribution in [-0.4, -0.2) is 0 Å². The highest BCUT2D eigenvalue weighted by atomic mass is 14.4. The van der Waals surface area contributed by atoms with Gasteiger partial charge in [-0.1, -0.05) is 39.0 Å². The molecule has 1 heteroatoms. The van der Waals surface area contributed by atoms with Gasteiger partial charge in [-0.15, -0.1) is 0 Å². The Morgan fingerprint density at radius 1 is 0.826 bits per heavy atom. The Balaban J connectivity index is 1.46. The van der Waals surface area contributed by atoms with E-state index in [0.717, 1.165) is 36.0 Å². The van der Waals surface area contributed by atoms with Crippen LogP contribution in [0.25, 0.3) is 0 Å². The van der Waals surface area contributed by atoms with Gasteiger partial charge in [-0.25, -0.2) is 0 Å². The van der Waals surface area contributed by atoms with Gasteiger partial charge in [-0.3, -0.25) is 0 Å². The monoisotopic (exact) mass is 315 g/mol. The lowest BCUT2D eigenvalue weighted by Crippen LogP contribution is -2.32. The second kappa shape index (κ2) is 7.58. The first-order chi connectivity index (χ1) is 11.1. The van der Waals surface area contributed by atoms with Crippen LogP contribution in [0.3, 0.4) is 0 Å². The van der Waals surface area contributed by atoms with Crippen molar-refractivity contribution < 1.29 is 0 Å². The van der Waals surface area contributed by atoms with E-state index in [1.807, 2.05) is 0 Å². The molecule has 0 radical (unpaired) electrons. The summed E-state index contributed by atoms with van der Waals surface area (Å²) in [4.78, 5) is 0. The molecule has 0 bridgehead atoms. The second-order valence-electron chi connectivity index (χ2n) is 9.39. The standard InChI is InChI=1S/C22H37N/c1-3-17-6-8-18(9-7-17)19-10-12-20(13-11-19)21-5-4-14-22(2,15-21)16-23/h17-21H,3-15H2,1-2H3/t17?,18?,19?,20?,21-,22+/m0/s1. The van der Waals surface area contributed by atoms with Crippen molar-refractivity contribution in [1.82, 2.24) is 0 Å². The van der Waals surface area contributed by atoms with Crippen molar-refractivity contribution in [2.24, 2.45) is 35.0 Å². The maximum Gasteiger partial charge on any atom is 0.0686 e. The van der Waals surface area contributed by atoms with Gasteiger partial charge in [0.05, 0.1) is 11.5 Å². The Morgan fingerprint density at radius 3 is 1.87 bits per heavy atom. The van der Waals surface area contributed by atoms with Crippen LogP contribution in [-0.2, 0) is 0 Å². The van der Waals surface area contributed by atoms with Crippen LogP contribution in [0.4, 0.5) is 0 Å². The van der Waals surface area contributed by atoms with Gasteiger partial charge in [0, 0.05) is 0 Å². The summed E-state index contributed by atoms with van der Waals surface area (Å²) in [6.45, 7) is 4.58. The third-order valence-corrected chi connectivity index (χ3v) is 7.90. The number of nitriles is 1. The van der Waals surface area contributed by atoms with E-state index < -0.39 is 0 Å². The molecule has 3 saturated carbocycles. The molecular weight excluding hydrogens is 278 g/mol. The molecule has 0 heterocycles. The normalized spacial score (nSPS) is 45.3. The Kier molecular flexibility index (Phi) is 5.71. The van der Waals surface area contributed by atoms with E-state index in [2.05, 4.69) is 19.9 Å². The summed E-state index contributed by atoms with van der Waals surface area (Å²) < 4.78 is 0.